The second-order valence-electron chi connectivity index (χ2n) is 4.75. The van der Waals surface area contributed by atoms with Crippen molar-refractivity contribution in [3.05, 3.63) is 48.3 Å². The summed E-state index contributed by atoms with van der Waals surface area (Å²) in [6.45, 7) is 0.498. The molecule has 0 bridgehead atoms. The Balaban J connectivity index is 1.81. The van der Waals surface area contributed by atoms with Crippen LogP contribution in [-0.2, 0) is 6.61 Å². The third kappa shape index (κ3) is 1.92. The minimum atomic E-state index is 0.498. The largest absolute Gasteiger partial charge is 0.472 e. The standard InChI is InChI=1S/C15H13N5O/c1-16-14-5-4-13-12-3-2-11(20-17-6-7-18-20)8-10(12)9-21-15(13)19-14/h2-8H,9H2,1H3,(H,16,19). The van der Waals surface area contributed by atoms with E-state index in [1.807, 2.05) is 31.3 Å². The maximum absolute atomic E-state index is 5.76. The highest BCUT2D eigenvalue weighted by atomic mass is 16.5. The van der Waals surface area contributed by atoms with Crippen molar-refractivity contribution < 1.29 is 4.74 Å². The first-order valence-corrected chi connectivity index (χ1v) is 6.67. The summed E-state index contributed by atoms with van der Waals surface area (Å²) in [5, 5.41) is 11.3. The Kier molecular flexibility index (Phi) is 2.60. The van der Waals surface area contributed by atoms with Gasteiger partial charge in [-0.05, 0) is 35.4 Å². The molecule has 6 nitrogen and oxygen atoms in total. The lowest BCUT2D eigenvalue weighted by Crippen LogP contribution is -2.09. The molecule has 0 saturated heterocycles. The number of hydrogen-bond acceptors (Lipinski definition) is 5. The van der Waals surface area contributed by atoms with Crippen LogP contribution in [-0.4, -0.2) is 27.0 Å². The smallest absolute Gasteiger partial charge is 0.223 e. The average molecular weight is 279 g/mol. The minimum Gasteiger partial charge on any atom is -0.472 e. The molecule has 0 saturated carbocycles. The first-order valence-electron chi connectivity index (χ1n) is 6.67. The quantitative estimate of drug-likeness (QED) is 0.779. The summed E-state index contributed by atoms with van der Waals surface area (Å²) in [5.74, 6) is 1.47. The lowest BCUT2D eigenvalue weighted by molar-refractivity contribution is 0.290. The Morgan fingerprint density at radius 3 is 2.71 bits per heavy atom. The molecular weight excluding hydrogens is 266 g/mol. The molecule has 6 heteroatoms. The van der Waals surface area contributed by atoms with Crippen LogP contribution >= 0.6 is 0 Å². The van der Waals surface area contributed by atoms with Crippen molar-refractivity contribution in [2.45, 2.75) is 6.61 Å². The van der Waals surface area contributed by atoms with Gasteiger partial charge in [0.1, 0.15) is 12.4 Å². The van der Waals surface area contributed by atoms with Crippen LogP contribution in [0, 0.1) is 0 Å². The number of nitrogens with zero attached hydrogens (tertiary/aromatic N) is 4. The summed E-state index contributed by atoms with van der Waals surface area (Å²) in [5.41, 5.74) is 4.18. The van der Waals surface area contributed by atoms with E-state index < -0.39 is 0 Å². The molecule has 1 N–H and O–H groups in total. The van der Waals surface area contributed by atoms with Crippen LogP contribution in [0.3, 0.4) is 0 Å². The molecule has 1 aromatic carbocycles. The summed E-state index contributed by atoms with van der Waals surface area (Å²) in [7, 11) is 1.84. The summed E-state index contributed by atoms with van der Waals surface area (Å²) in [6.07, 6.45) is 3.32. The molecule has 1 aliphatic rings. The third-order valence-electron chi connectivity index (χ3n) is 3.51. The molecule has 21 heavy (non-hydrogen) atoms. The summed E-state index contributed by atoms with van der Waals surface area (Å²) >= 11 is 0. The summed E-state index contributed by atoms with van der Waals surface area (Å²) in [4.78, 5) is 6.04. The van der Waals surface area contributed by atoms with Gasteiger partial charge < -0.3 is 10.1 Å². The van der Waals surface area contributed by atoms with Gasteiger partial charge >= 0.3 is 0 Å². The van der Waals surface area contributed by atoms with E-state index in [-0.39, 0.29) is 0 Å². The van der Waals surface area contributed by atoms with Crippen molar-refractivity contribution in [3.8, 4) is 22.7 Å². The third-order valence-corrected chi connectivity index (χ3v) is 3.51. The SMILES string of the molecule is CNc1ccc2c(n1)OCc1cc(-n3nccn3)ccc1-2. The van der Waals surface area contributed by atoms with Gasteiger partial charge in [0.15, 0.2) is 0 Å². The maximum Gasteiger partial charge on any atom is 0.223 e. The van der Waals surface area contributed by atoms with Gasteiger partial charge in [0.05, 0.1) is 18.1 Å². The molecule has 0 unspecified atom stereocenters. The number of pyridine rings is 1. The fourth-order valence-corrected chi connectivity index (χ4v) is 2.48. The van der Waals surface area contributed by atoms with Crippen LogP contribution in [0.25, 0.3) is 16.8 Å². The molecule has 0 fully saturated rings. The minimum absolute atomic E-state index is 0.498. The van der Waals surface area contributed by atoms with Crippen LogP contribution in [0.1, 0.15) is 5.56 Å². The predicted molar refractivity (Wildman–Crippen MR) is 78.5 cm³/mol. The number of anilines is 1. The Bertz CT molecular complexity index is 798. The summed E-state index contributed by atoms with van der Waals surface area (Å²) < 4.78 is 5.76. The molecule has 1 aliphatic heterocycles. The zero-order chi connectivity index (χ0) is 14.2. The van der Waals surface area contributed by atoms with Gasteiger partial charge in [-0.1, -0.05) is 6.07 Å². The van der Waals surface area contributed by atoms with Gasteiger partial charge in [0.2, 0.25) is 5.88 Å². The zero-order valence-corrected chi connectivity index (χ0v) is 11.4. The zero-order valence-electron chi connectivity index (χ0n) is 11.4. The Hall–Kier alpha value is -2.89. The molecular formula is C15H13N5O. The van der Waals surface area contributed by atoms with Gasteiger partial charge in [-0.25, -0.2) is 0 Å². The molecule has 4 rings (SSSR count). The number of benzene rings is 1. The van der Waals surface area contributed by atoms with Crippen molar-refractivity contribution in [1.29, 1.82) is 0 Å². The highest BCUT2D eigenvalue weighted by molar-refractivity contribution is 5.75. The Morgan fingerprint density at radius 2 is 1.90 bits per heavy atom. The average Bonchev–Trinajstić information content (AvgIpc) is 3.08. The molecule has 0 amide bonds. The Labute approximate surface area is 121 Å². The van der Waals surface area contributed by atoms with Gasteiger partial charge in [-0.3, -0.25) is 0 Å². The monoisotopic (exact) mass is 279 g/mol. The van der Waals surface area contributed by atoms with Gasteiger partial charge in [-0.15, -0.1) is 0 Å². The molecule has 0 aliphatic carbocycles. The van der Waals surface area contributed by atoms with Crippen LogP contribution < -0.4 is 10.1 Å². The molecule has 3 heterocycles. The van der Waals surface area contributed by atoms with E-state index >= 15 is 0 Å². The van der Waals surface area contributed by atoms with Crippen molar-refractivity contribution >= 4 is 5.82 Å². The summed E-state index contributed by atoms with van der Waals surface area (Å²) in [6, 6.07) is 10.1. The molecule has 0 spiro atoms. The number of nitrogens with one attached hydrogen (secondary N) is 1. The van der Waals surface area contributed by atoms with Crippen molar-refractivity contribution in [2.24, 2.45) is 0 Å². The first-order chi connectivity index (χ1) is 10.3. The van der Waals surface area contributed by atoms with Gasteiger partial charge in [-0.2, -0.15) is 20.0 Å². The number of fused-ring (bicyclic) bond motifs is 3. The lowest BCUT2D eigenvalue weighted by atomic mass is 9.98. The van der Waals surface area contributed by atoms with E-state index in [2.05, 4.69) is 26.6 Å². The van der Waals surface area contributed by atoms with Crippen LogP contribution in [0.15, 0.2) is 42.7 Å². The van der Waals surface area contributed by atoms with E-state index in [1.165, 1.54) is 0 Å². The van der Waals surface area contributed by atoms with E-state index in [4.69, 9.17) is 4.74 Å². The van der Waals surface area contributed by atoms with Crippen molar-refractivity contribution in [1.82, 2.24) is 20.0 Å². The highest BCUT2D eigenvalue weighted by Crippen LogP contribution is 2.37. The fraction of sp³-hybridized carbons (Fsp3) is 0.133. The van der Waals surface area contributed by atoms with E-state index in [1.54, 1.807) is 17.2 Å². The molecule has 3 aromatic rings. The Morgan fingerprint density at radius 1 is 1.10 bits per heavy atom. The second-order valence-corrected chi connectivity index (χ2v) is 4.75. The molecule has 0 radical (unpaired) electrons. The molecule has 104 valence electrons. The van der Waals surface area contributed by atoms with E-state index in [9.17, 15) is 0 Å². The highest BCUT2D eigenvalue weighted by Gasteiger charge is 2.19. The topological polar surface area (TPSA) is 64.9 Å². The van der Waals surface area contributed by atoms with Crippen LogP contribution in [0.4, 0.5) is 5.82 Å². The first kappa shape index (κ1) is 11.9. The lowest BCUT2D eigenvalue weighted by Gasteiger charge is -2.20. The van der Waals surface area contributed by atoms with Gasteiger partial charge in [0, 0.05) is 12.6 Å². The normalized spacial score (nSPS) is 12.2. The fourth-order valence-electron chi connectivity index (χ4n) is 2.48. The predicted octanol–water partition coefficient (Wildman–Crippen LogP) is 2.26. The van der Waals surface area contributed by atoms with E-state index in [0.29, 0.717) is 12.5 Å². The number of ether oxygens (including phenoxy) is 1. The van der Waals surface area contributed by atoms with Crippen molar-refractivity contribution in [2.75, 3.05) is 12.4 Å². The second kappa shape index (κ2) is 4.59. The number of hydrogen-bond donors (Lipinski definition) is 1. The van der Waals surface area contributed by atoms with Crippen LogP contribution in [0.5, 0.6) is 5.88 Å². The molecule has 2 aromatic heterocycles. The van der Waals surface area contributed by atoms with Crippen molar-refractivity contribution in [3.63, 3.8) is 0 Å². The molecule has 0 atom stereocenters. The van der Waals surface area contributed by atoms with Gasteiger partial charge in [0.25, 0.3) is 0 Å². The van der Waals surface area contributed by atoms with Crippen LogP contribution in [0.2, 0.25) is 0 Å². The number of rotatable bonds is 2. The number of aromatic nitrogens is 4. The maximum atomic E-state index is 5.76. The van der Waals surface area contributed by atoms with E-state index in [0.717, 1.165) is 28.2 Å².